The van der Waals surface area contributed by atoms with E-state index in [0.29, 0.717) is 16.6 Å². The standard InChI is InChI=1S/C11H5BrN4O7/c12-7-2-1-3-13-11(7)23-10-8(15(19)20)4-6(14(17)18)5-9(10)16(21)22/h1-5H. The third kappa shape index (κ3) is 3.37. The van der Waals surface area contributed by atoms with Crippen LogP contribution in [0.1, 0.15) is 0 Å². The Labute approximate surface area is 135 Å². The van der Waals surface area contributed by atoms with Crippen molar-refractivity contribution in [3.8, 4) is 11.6 Å². The van der Waals surface area contributed by atoms with Crippen molar-refractivity contribution in [3.05, 3.63) is 65.3 Å². The molecule has 0 radical (unpaired) electrons. The average molecular weight is 385 g/mol. The summed E-state index contributed by atoms with van der Waals surface area (Å²) < 4.78 is 5.46. The molecule has 0 N–H and O–H groups in total. The van der Waals surface area contributed by atoms with E-state index >= 15 is 0 Å². The number of benzene rings is 1. The van der Waals surface area contributed by atoms with Crippen LogP contribution >= 0.6 is 15.9 Å². The summed E-state index contributed by atoms with van der Waals surface area (Å²) in [6.07, 6.45) is 1.31. The molecule has 0 amide bonds. The summed E-state index contributed by atoms with van der Waals surface area (Å²) >= 11 is 3.08. The number of pyridine rings is 1. The molecule has 0 bridgehead atoms. The summed E-state index contributed by atoms with van der Waals surface area (Å²) in [5.41, 5.74) is -2.62. The molecule has 0 saturated heterocycles. The van der Waals surface area contributed by atoms with Gasteiger partial charge >= 0.3 is 11.4 Å². The zero-order valence-electron chi connectivity index (χ0n) is 10.9. The highest BCUT2D eigenvalue weighted by molar-refractivity contribution is 9.10. The van der Waals surface area contributed by atoms with Crippen molar-refractivity contribution in [2.24, 2.45) is 0 Å². The Bertz CT molecular complexity index is 791. The summed E-state index contributed by atoms with van der Waals surface area (Å²) in [6, 6.07) is 4.21. The minimum atomic E-state index is -1.01. The highest BCUT2D eigenvalue weighted by Gasteiger charge is 2.33. The first-order valence-corrected chi connectivity index (χ1v) is 6.50. The Hall–Kier alpha value is -3.15. The lowest BCUT2D eigenvalue weighted by atomic mass is 10.2. The molecule has 0 spiro atoms. The van der Waals surface area contributed by atoms with Gasteiger partial charge in [0.25, 0.3) is 11.4 Å². The monoisotopic (exact) mass is 384 g/mol. The Kier molecular flexibility index (Phi) is 4.45. The smallest absolute Gasteiger partial charge is 0.325 e. The van der Waals surface area contributed by atoms with Gasteiger partial charge in [-0.15, -0.1) is 0 Å². The van der Waals surface area contributed by atoms with Gasteiger partial charge in [-0.2, -0.15) is 0 Å². The van der Waals surface area contributed by atoms with Crippen LogP contribution < -0.4 is 4.74 Å². The number of halogens is 1. The van der Waals surface area contributed by atoms with E-state index in [9.17, 15) is 30.3 Å². The normalized spacial score (nSPS) is 10.1. The molecule has 2 rings (SSSR count). The minimum absolute atomic E-state index is 0.160. The van der Waals surface area contributed by atoms with E-state index in [-0.39, 0.29) is 5.88 Å². The lowest BCUT2D eigenvalue weighted by Gasteiger charge is -2.07. The van der Waals surface area contributed by atoms with Crippen LogP contribution in [0.25, 0.3) is 0 Å². The van der Waals surface area contributed by atoms with E-state index in [2.05, 4.69) is 20.9 Å². The zero-order valence-corrected chi connectivity index (χ0v) is 12.5. The topological polar surface area (TPSA) is 152 Å². The number of nitro groups is 3. The van der Waals surface area contributed by atoms with Crippen LogP contribution in [-0.2, 0) is 0 Å². The Morgan fingerprint density at radius 1 is 1.00 bits per heavy atom. The number of non-ortho nitro benzene ring substituents is 1. The summed E-state index contributed by atoms with van der Waals surface area (Å²) in [7, 11) is 0. The molecule has 12 heteroatoms. The van der Waals surface area contributed by atoms with Crippen LogP contribution in [0.3, 0.4) is 0 Å². The molecule has 0 aliphatic carbocycles. The maximum atomic E-state index is 11.1. The van der Waals surface area contributed by atoms with Gasteiger partial charge in [-0.1, -0.05) is 0 Å². The molecule has 0 atom stereocenters. The van der Waals surface area contributed by atoms with Gasteiger partial charge in [0, 0.05) is 6.20 Å². The van der Waals surface area contributed by atoms with Crippen molar-refractivity contribution in [2.45, 2.75) is 0 Å². The number of nitro benzene ring substituents is 3. The maximum Gasteiger partial charge on any atom is 0.325 e. The summed E-state index contributed by atoms with van der Waals surface area (Å²) in [5.74, 6) is -0.905. The Morgan fingerprint density at radius 2 is 1.57 bits per heavy atom. The first-order chi connectivity index (χ1) is 10.8. The number of hydrogen-bond acceptors (Lipinski definition) is 8. The third-order valence-electron chi connectivity index (χ3n) is 2.56. The summed E-state index contributed by atoms with van der Waals surface area (Å²) in [6.45, 7) is 0. The maximum absolute atomic E-state index is 11.1. The molecule has 0 saturated carbocycles. The summed E-state index contributed by atoms with van der Waals surface area (Å²) in [5, 5.41) is 33.0. The van der Waals surface area contributed by atoms with Crippen LogP contribution in [0, 0.1) is 30.3 Å². The molecule has 2 aromatic rings. The molecule has 23 heavy (non-hydrogen) atoms. The van der Waals surface area contributed by atoms with Gasteiger partial charge < -0.3 is 4.74 Å². The first kappa shape index (κ1) is 16.2. The van der Waals surface area contributed by atoms with Gasteiger partial charge in [0.05, 0.1) is 31.4 Å². The van der Waals surface area contributed by atoms with Gasteiger partial charge in [-0.25, -0.2) is 4.98 Å². The van der Waals surface area contributed by atoms with Gasteiger partial charge in [0.15, 0.2) is 0 Å². The fourth-order valence-corrected chi connectivity index (χ4v) is 1.94. The third-order valence-corrected chi connectivity index (χ3v) is 3.17. The van der Waals surface area contributed by atoms with Crippen molar-refractivity contribution < 1.29 is 19.5 Å². The van der Waals surface area contributed by atoms with Crippen LogP contribution in [0.15, 0.2) is 34.9 Å². The van der Waals surface area contributed by atoms with Crippen molar-refractivity contribution in [1.82, 2.24) is 4.98 Å². The lowest BCUT2D eigenvalue weighted by molar-refractivity contribution is -0.404. The number of rotatable bonds is 5. The highest BCUT2D eigenvalue weighted by Crippen LogP contribution is 2.43. The lowest BCUT2D eigenvalue weighted by Crippen LogP contribution is -2.01. The van der Waals surface area contributed by atoms with E-state index in [0.717, 1.165) is 0 Å². The molecule has 0 aliphatic rings. The number of aromatic nitrogens is 1. The van der Waals surface area contributed by atoms with Gasteiger partial charge in [-0.05, 0) is 28.1 Å². The molecule has 1 heterocycles. The zero-order chi connectivity index (χ0) is 17.1. The van der Waals surface area contributed by atoms with E-state index in [4.69, 9.17) is 4.74 Å². The molecule has 0 aliphatic heterocycles. The van der Waals surface area contributed by atoms with E-state index in [1.807, 2.05) is 0 Å². The quantitative estimate of drug-likeness (QED) is 0.561. The van der Waals surface area contributed by atoms with E-state index in [1.165, 1.54) is 18.3 Å². The highest BCUT2D eigenvalue weighted by atomic mass is 79.9. The van der Waals surface area contributed by atoms with Crippen LogP contribution in [0.5, 0.6) is 11.6 Å². The SMILES string of the molecule is O=[N+]([O-])c1cc([N+](=O)[O-])c(Oc2ncccc2Br)c([N+](=O)[O-])c1. The second-order valence-corrected chi connectivity index (χ2v) is 4.83. The summed E-state index contributed by atoms with van der Waals surface area (Å²) in [4.78, 5) is 33.8. The predicted molar refractivity (Wildman–Crippen MR) is 78.4 cm³/mol. The number of nitrogens with zero attached hydrogens (tertiary/aromatic N) is 4. The number of hydrogen-bond donors (Lipinski definition) is 0. The van der Waals surface area contributed by atoms with Crippen molar-refractivity contribution in [3.63, 3.8) is 0 Å². The molecule has 1 aromatic heterocycles. The van der Waals surface area contributed by atoms with Gasteiger partial charge in [0.1, 0.15) is 0 Å². The molecule has 0 unspecified atom stereocenters. The second-order valence-electron chi connectivity index (χ2n) is 3.98. The van der Waals surface area contributed by atoms with Gasteiger partial charge in [-0.3, -0.25) is 30.3 Å². The average Bonchev–Trinajstić information content (AvgIpc) is 2.48. The van der Waals surface area contributed by atoms with Crippen LogP contribution in [0.2, 0.25) is 0 Å². The largest absolute Gasteiger partial charge is 0.424 e. The van der Waals surface area contributed by atoms with Gasteiger partial charge in [0.2, 0.25) is 5.88 Å². The predicted octanol–water partition coefficient (Wildman–Crippen LogP) is 3.36. The molecule has 1 aromatic carbocycles. The Balaban J connectivity index is 2.69. The Morgan fingerprint density at radius 3 is 2.00 bits per heavy atom. The van der Waals surface area contributed by atoms with Crippen molar-refractivity contribution >= 4 is 33.0 Å². The van der Waals surface area contributed by atoms with E-state index in [1.54, 1.807) is 0 Å². The molecular formula is C11H5BrN4O7. The van der Waals surface area contributed by atoms with E-state index < -0.39 is 37.6 Å². The second kappa shape index (κ2) is 6.31. The fraction of sp³-hybridized carbons (Fsp3) is 0. The van der Waals surface area contributed by atoms with Crippen LogP contribution in [0.4, 0.5) is 17.1 Å². The number of ether oxygens (including phenoxy) is 1. The van der Waals surface area contributed by atoms with Crippen molar-refractivity contribution in [1.29, 1.82) is 0 Å². The molecular weight excluding hydrogens is 380 g/mol. The van der Waals surface area contributed by atoms with Crippen molar-refractivity contribution in [2.75, 3.05) is 0 Å². The molecule has 118 valence electrons. The van der Waals surface area contributed by atoms with Crippen LogP contribution in [-0.4, -0.2) is 19.8 Å². The first-order valence-electron chi connectivity index (χ1n) is 5.71. The minimum Gasteiger partial charge on any atom is -0.424 e. The molecule has 0 fully saturated rings. The molecule has 11 nitrogen and oxygen atoms in total. The fourth-order valence-electron chi connectivity index (χ4n) is 1.61.